The van der Waals surface area contributed by atoms with Crippen molar-refractivity contribution >= 4 is 11.6 Å². The molecule has 6 heteroatoms. The Hall–Kier alpha value is -2.73. The van der Waals surface area contributed by atoms with Crippen LogP contribution in [0.25, 0.3) is 0 Å². The minimum atomic E-state index is -0.450. The zero-order valence-electron chi connectivity index (χ0n) is 14.5. The molecule has 6 nitrogen and oxygen atoms in total. The van der Waals surface area contributed by atoms with Crippen LogP contribution in [0.2, 0.25) is 0 Å². The van der Waals surface area contributed by atoms with Crippen molar-refractivity contribution in [3.63, 3.8) is 0 Å². The minimum Gasteiger partial charge on any atom is -0.337 e. The van der Waals surface area contributed by atoms with Crippen LogP contribution >= 0.6 is 0 Å². The van der Waals surface area contributed by atoms with Gasteiger partial charge < -0.3 is 4.90 Å². The van der Waals surface area contributed by atoms with Crippen LogP contribution in [0.4, 0.5) is 5.69 Å². The van der Waals surface area contributed by atoms with Crippen molar-refractivity contribution in [2.75, 3.05) is 19.6 Å². The monoisotopic (exact) mass is 351 g/mol. The predicted octanol–water partition coefficient (Wildman–Crippen LogP) is 2.87. The molecule has 0 spiro atoms. The van der Waals surface area contributed by atoms with E-state index >= 15 is 0 Å². The molecule has 0 unspecified atom stereocenters. The average molecular weight is 351 g/mol. The molecule has 134 valence electrons. The van der Waals surface area contributed by atoms with E-state index in [0.717, 1.165) is 39.0 Å². The molecule has 0 aliphatic carbocycles. The van der Waals surface area contributed by atoms with E-state index in [2.05, 4.69) is 29.2 Å². The third-order valence-corrected chi connectivity index (χ3v) is 5.45. The predicted molar refractivity (Wildman–Crippen MR) is 98.0 cm³/mol. The molecule has 2 aliphatic rings. The van der Waals surface area contributed by atoms with Gasteiger partial charge in [0.2, 0.25) is 0 Å². The number of benzene rings is 2. The number of carbonyl (C=O) groups excluding carboxylic acids is 1. The van der Waals surface area contributed by atoms with Crippen LogP contribution in [-0.2, 0) is 13.0 Å². The Kier molecular flexibility index (Phi) is 4.42. The fourth-order valence-corrected chi connectivity index (χ4v) is 3.96. The summed E-state index contributed by atoms with van der Waals surface area (Å²) < 4.78 is 0. The number of nitro groups is 1. The maximum absolute atomic E-state index is 12.7. The molecular weight excluding hydrogens is 330 g/mol. The average Bonchev–Trinajstić information content (AvgIpc) is 3.17. The van der Waals surface area contributed by atoms with Crippen molar-refractivity contribution in [1.82, 2.24) is 9.80 Å². The Labute approximate surface area is 152 Å². The van der Waals surface area contributed by atoms with Gasteiger partial charge in [0.15, 0.2) is 0 Å². The second kappa shape index (κ2) is 6.88. The van der Waals surface area contributed by atoms with Crippen molar-refractivity contribution in [3.8, 4) is 0 Å². The minimum absolute atomic E-state index is 0.00725. The van der Waals surface area contributed by atoms with Gasteiger partial charge in [0.1, 0.15) is 0 Å². The van der Waals surface area contributed by atoms with E-state index in [9.17, 15) is 14.9 Å². The van der Waals surface area contributed by atoms with Crippen molar-refractivity contribution < 1.29 is 9.72 Å². The lowest BCUT2D eigenvalue weighted by Crippen LogP contribution is -2.41. The Bertz CT molecular complexity index is 834. The van der Waals surface area contributed by atoms with E-state index < -0.39 is 4.92 Å². The van der Waals surface area contributed by atoms with Gasteiger partial charge in [0.25, 0.3) is 11.6 Å². The topological polar surface area (TPSA) is 66.7 Å². The molecule has 1 fully saturated rings. The molecule has 2 aromatic rings. The molecule has 0 saturated carbocycles. The molecule has 2 aliphatic heterocycles. The number of amides is 1. The lowest BCUT2D eigenvalue weighted by molar-refractivity contribution is -0.384. The first kappa shape index (κ1) is 16.7. The van der Waals surface area contributed by atoms with Gasteiger partial charge in [0, 0.05) is 49.9 Å². The molecular formula is C20H21N3O3. The molecule has 1 amide bonds. The summed E-state index contributed by atoms with van der Waals surface area (Å²) in [6, 6.07) is 14.8. The highest BCUT2D eigenvalue weighted by atomic mass is 16.6. The first-order chi connectivity index (χ1) is 12.6. The number of fused-ring (bicyclic) bond motifs is 1. The van der Waals surface area contributed by atoms with Gasteiger partial charge >= 0.3 is 0 Å². The van der Waals surface area contributed by atoms with Gasteiger partial charge in [-0.1, -0.05) is 24.3 Å². The second-order valence-electron chi connectivity index (χ2n) is 6.99. The summed E-state index contributed by atoms with van der Waals surface area (Å²) in [7, 11) is 0. The van der Waals surface area contributed by atoms with E-state index in [1.807, 2.05) is 4.90 Å². The fraction of sp³-hybridized carbons (Fsp3) is 0.350. The maximum Gasteiger partial charge on any atom is 0.269 e. The van der Waals surface area contributed by atoms with E-state index in [0.29, 0.717) is 11.6 Å². The zero-order valence-corrected chi connectivity index (χ0v) is 14.5. The summed E-state index contributed by atoms with van der Waals surface area (Å²) in [6.45, 7) is 3.43. The molecule has 2 aromatic carbocycles. The highest BCUT2D eigenvalue weighted by molar-refractivity contribution is 5.94. The van der Waals surface area contributed by atoms with Crippen LogP contribution in [0.3, 0.4) is 0 Å². The number of hydrogen-bond acceptors (Lipinski definition) is 4. The third-order valence-electron chi connectivity index (χ3n) is 5.45. The van der Waals surface area contributed by atoms with Crippen molar-refractivity contribution in [2.24, 2.45) is 0 Å². The summed E-state index contributed by atoms with van der Waals surface area (Å²) in [4.78, 5) is 27.3. The van der Waals surface area contributed by atoms with Crippen LogP contribution in [0.15, 0.2) is 48.5 Å². The van der Waals surface area contributed by atoms with Gasteiger partial charge in [-0.2, -0.15) is 0 Å². The van der Waals surface area contributed by atoms with E-state index in [1.54, 1.807) is 12.1 Å². The van der Waals surface area contributed by atoms with Gasteiger partial charge in [-0.15, -0.1) is 0 Å². The standard InChI is InChI=1S/C20H21N3O3/c24-20(16-5-7-18(8-6-16)23(25)26)22-12-10-19(14-22)21-11-9-15-3-1-2-4-17(15)13-21/h1-8,19H,9-14H2/t19-/m1/s1. The summed E-state index contributed by atoms with van der Waals surface area (Å²) in [5.74, 6) is -0.0418. The Morgan fingerprint density at radius 3 is 2.50 bits per heavy atom. The maximum atomic E-state index is 12.7. The molecule has 2 heterocycles. The number of hydrogen-bond donors (Lipinski definition) is 0. The number of nitrogens with zero attached hydrogens (tertiary/aromatic N) is 3. The lowest BCUT2D eigenvalue weighted by atomic mass is 9.98. The normalized spacial score (nSPS) is 20.0. The molecule has 4 rings (SSSR count). The third kappa shape index (κ3) is 3.20. The number of nitro benzene ring substituents is 1. The van der Waals surface area contributed by atoms with Gasteiger partial charge in [-0.3, -0.25) is 19.8 Å². The van der Waals surface area contributed by atoms with Gasteiger partial charge in [0.05, 0.1) is 4.92 Å². The molecule has 0 aromatic heterocycles. The van der Waals surface area contributed by atoms with Crippen molar-refractivity contribution in [1.29, 1.82) is 0 Å². The van der Waals surface area contributed by atoms with Crippen LogP contribution < -0.4 is 0 Å². The highest BCUT2D eigenvalue weighted by Crippen LogP contribution is 2.25. The molecule has 26 heavy (non-hydrogen) atoms. The van der Waals surface area contributed by atoms with Crippen molar-refractivity contribution in [2.45, 2.75) is 25.4 Å². The first-order valence-corrected chi connectivity index (χ1v) is 8.96. The molecule has 0 N–H and O–H groups in total. The Balaban J connectivity index is 1.40. The summed E-state index contributed by atoms with van der Waals surface area (Å²) in [5.41, 5.74) is 3.34. The van der Waals surface area contributed by atoms with Crippen LogP contribution in [0.1, 0.15) is 27.9 Å². The zero-order chi connectivity index (χ0) is 18.1. The summed E-state index contributed by atoms with van der Waals surface area (Å²) >= 11 is 0. The van der Waals surface area contributed by atoms with Crippen LogP contribution in [0.5, 0.6) is 0 Å². The molecule has 1 saturated heterocycles. The van der Waals surface area contributed by atoms with Gasteiger partial charge in [-0.05, 0) is 36.1 Å². The summed E-state index contributed by atoms with van der Waals surface area (Å²) in [5, 5.41) is 10.7. The number of carbonyl (C=O) groups is 1. The smallest absolute Gasteiger partial charge is 0.269 e. The van der Waals surface area contributed by atoms with Crippen LogP contribution in [0, 0.1) is 10.1 Å². The highest BCUT2D eigenvalue weighted by Gasteiger charge is 2.32. The molecule has 0 bridgehead atoms. The van der Waals surface area contributed by atoms with Gasteiger partial charge in [-0.25, -0.2) is 0 Å². The van der Waals surface area contributed by atoms with Crippen LogP contribution in [-0.4, -0.2) is 46.3 Å². The summed E-state index contributed by atoms with van der Waals surface area (Å²) in [6.07, 6.45) is 2.03. The van der Waals surface area contributed by atoms with E-state index in [1.165, 1.54) is 23.3 Å². The second-order valence-corrected chi connectivity index (χ2v) is 6.99. The number of rotatable bonds is 3. The molecule has 0 radical (unpaired) electrons. The van der Waals surface area contributed by atoms with E-state index in [4.69, 9.17) is 0 Å². The largest absolute Gasteiger partial charge is 0.337 e. The first-order valence-electron chi connectivity index (χ1n) is 8.96. The fourth-order valence-electron chi connectivity index (χ4n) is 3.96. The lowest BCUT2D eigenvalue weighted by Gasteiger charge is -2.33. The number of non-ortho nitro benzene ring substituents is 1. The number of likely N-dealkylation sites (tertiary alicyclic amines) is 1. The van der Waals surface area contributed by atoms with E-state index in [-0.39, 0.29) is 11.6 Å². The quantitative estimate of drug-likeness (QED) is 0.630. The Morgan fingerprint density at radius 2 is 1.77 bits per heavy atom. The van der Waals surface area contributed by atoms with Crippen molar-refractivity contribution in [3.05, 3.63) is 75.3 Å². The SMILES string of the molecule is O=C(c1ccc([N+](=O)[O-])cc1)N1CC[C@@H](N2CCc3ccccc3C2)C1. The molecule has 1 atom stereocenters. The Morgan fingerprint density at radius 1 is 1.04 bits per heavy atom.